The summed E-state index contributed by atoms with van der Waals surface area (Å²) in [7, 11) is 0. The molecule has 3 N–H and O–H groups in total. The van der Waals surface area contributed by atoms with Gasteiger partial charge in [0.1, 0.15) is 11.5 Å². The second kappa shape index (κ2) is 7.88. The van der Waals surface area contributed by atoms with Crippen molar-refractivity contribution in [2.75, 3.05) is 0 Å². The number of aliphatic imine (C=N–C) groups is 1. The lowest BCUT2D eigenvalue weighted by Crippen LogP contribution is -2.28. The average Bonchev–Trinajstić information content (AvgIpc) is 2.65. The second-order valence-corrected chi connectivity index (χ2v) is 5.25. The fraction of sp³-hybridized carbons (Fsp3) is 0. The fourth-order valence-corrected chi connectivity index (χ4v) is 2.31. The molecule has 0 bridgehead atoms. The maximum absolute atomic E-state index is 14.2. The Bertz CT molecular complexity index is 890. The lowest BCUT2D eigenvalue weighted by Gasteiger charge is -2.09. The molecule has 0 aromatic heterocycles. The summed E-state index contributed by atoms with van der Waals surface area (Å²) in [6.07, 6.45) is 0. The molecule has 5 heteroatoms. The molecular formula is C20H17FN4. The van der Waals surface area contributed by atoms with Gasteiger partial charge in [0.2, 0.25) is 5.96 Å². The van der Waals surface area contributed by atoms with Crippen molar-refractivity contribution in [3.8, 4) is 0 Å². The monoisotopic (exact) mass is 332 g/mol. The van der Waals surface area contributed by atoms with Crippen molar-refractivity contribution in [1.29, 1.82) is 0 Å². The molecule has 0 aliphatic rings. The SMILES string of the molecule is NC(=Nc1ccccc1)N/N=C(\c1ccccc1)c1ccccc1F. The van der Waals surface area contributed by atoms with Gasteiger partial charge in [-0.05, 0) is 24.3 Å². The molecule has 3 aromatic carbocycles. The van der Waals surface area contributed by atoms with E-state index >= 15 is 0 Å². The topological polar surface area (TPSA) is 62.8 Å². The predicted octanol–water partition coefficient (Wildman–Crippen LogP) is 3.81. The van der Waals surface area contributed by atoms with Crippen LogP contribution in [0.15, 0.2) is 95.0 Å². The summed E-state index contributed by atoms with van der Waals surface area (Å²) in [6, 6.07) is 25.1. The van der Waals surface area contributed by atoms with Gasteiger partial charge in [0, 0.05) is 11.1 Å². The summed E-state index contributed by atoms with van der Waals surface area (Å²) >= 11 is 0. The number of halogens is 1. The van der Waals surface area contributed by atoms with E-state index in [1.165, 1.54) is 6.07 Å². The predicted molar refractivity (Wildman–Crippen MR) is 99.3 cm³/mol. The molecule has 0 amide bonds. The first-order chi connectivity index (χ1) is 12.2. The molecule has 0 atom stereocenters. The van der Waals surface area contributed by atoms with E-state index in [4.69, 9.17) is 5.73 Å². The lowest BCUT2D eigenvalue weighted by atomic mass is 10.0. The minimum atomic E-state index is -0.356. The zero-order valence-corrected chi connectivity index (χ0v) is 13.4. The summed E-state index contributed by atoms with van der Waals surface area (Å²) < 4.78 is 14.2. The third-order valence-corrected chi connectivity index (χ3v) is 3.46. The highest BCUT2D eigenvalue weighted by atomic mass is 19.1. The van der Waals surface area contributed by atoms with E-state index in [-0.39, 0.29) is 11.8 Å². The standard InChI is InChI=1S/C20H17FN4/c21-18-14-8-7-13-17(18)19(15-9-3-1-4-10-15)24-25-20(22)23-16-11-5-2-6-12-16/h1-14H,(H3,22,23,25)/b24-19+. The van der Waals surface area contributed by atoms with E-state index in [1.807, 2.05) is 60.7 Å². The van der Waals surface area contributed by atoms with Gasteiger partial charge in [0.05, 0.1) is 5.69 Å². The van der Waals surface area contributed by atoms with Gasteiger partial charge < -0.3 is 5.73 Å². The maximum atomic E-state index is 14.2. The zero-order valence-electron chi connectivity index (χ0n) is 13.4. The van der Waals surface area contributed by atoms with E-state index in [0.29, 0.717) is 17.0 Å². The number of para-hydroxylation sites is 1. The number of nitrogens with zero attached hydrogens (tertiary/aromatic N) is 2. The second-order valence-electron chi connectivity index (χ2n) is 5.25. The molecule has 0 saturated heterocycles. The molecule has 124 valence electrons. The van der Waals surface area contributed by atoms with Gasteiger partial charge in [-0.3, -0.25) is 0 Å². The summed E-state index contributed by atoms with van der Waals surface area (Å²) in [5, 5.41) is 4.29. The van der Waals surface area contributed by atoms with Crippen LogP contribution < -0.4 is 11.2 Å². The Morgan fingerprint density at radius 3 is 2.08 bits per heavy atom. The first kappa shape index (κ1) is 16.4. The molecule has 0 heterocycles. The highest BCUT2D eigenvalue weighted by molar-refractivity contribution is 6.13. The van der Waals surface area contributed by atoms with Crippen LogP contribution >= 0.6 is 0 Å². The minimum Gasteiger partial charge on any atom is -0.368 e. The van der Waals surface area contributed by atoms with Crippen molar-refractivity contribution in [3.63, 3.8) is 0 Å². The summed E-state index contributed by atoms with van der Waals surface area (Å²) in [6.45, 7) is 0. The fourth-order valence-electron chi connectivity index (χ4n) is 2.31. The number of guanidine groups is 1. The molecule has 0 fully saturated rings. The molecule has 3 aromatic rings. The van der Waals surface area contributed by atoms with Gasteiger partial charge in [-0.1, -0.05) is 60.7 Å². The zero-order chi connectivity index (χ0) is 17.5. The van der Waals surface area contributed by atoms with Gasteiger partial charge in [-0.25, -0.2) is 14.8 Å². The first-order valence-corrected chi connectivity index (χ1v) is 7.77. The van der Waals surface area contributed by atoms with Gasteiger partial charge in [0.25, 0.3) is 0 Å². The largest absolute Gasteiger partial charge is 0.368 e. The van der Waals surface area contributed by atoms with Crippen LogP contribution in [-0.4, -0.2) is 11.7 Å². The average molecular weight is 332 g/mol. The van der Waals surface area contributed by atoms with Crippen LogP contribution in [-0.2, 0) is 0 Å². The van der Waals surface area contributed by atoms with E-state index in [0.717, 1.165) is 5.56 Å². The summed E-state index contributed by atoms with van der Waals surface area (Å²) in [5.41, 5.74) is 10.9. The molecular weight excluding hydrogens is 315 g/mol. The Morgan fingerprint density at radius 1 is 0.800 bits per heavy atom. The number of hydrazone groups is 1. The summed E-state index contributed by atoms with van der Waals surface area (Å²) in [4.78, 5) is 4.22. The van der Waals surface area contributed by atoms with Crippen molar-refractivity contribution >= 4 is 17.4 Å². The smallest absolute Gasteiger partial charge is 0.214 e. The third kappa shape index (κ3) is 4.29. The molecule has 4 nitrogen and oxygen atoms in total. The molecule has 3 rings (SSSR count). The normalized spacial score (nSPS) is 12.0. The van der Waals surface area contributed by atoms with Crippen LogP contribution in [0.5, 0.6) is 0 Å². The number of benzene rings is 3. The van der Waals surface area contributed by atoms with Crippen molar-refractivity contribution in [2.45, 2.75) is 0 Å². The molecule has 0 aliphatic carbocycles. The molecule has 0 saturated carbocycles. The van der Waals surface area contributed by atoms with Crippen molar-refractivity contribution in [3.05, 3.63) is 102 Å². The number of rotatable bonds is 4. The van der Waals surface area contributed by atoms with E-state index in [9.17, 15) is 4.39 Å². The Labute approximate surface area is 145 Å². The summed E-state index contributed by atoms with van der Waals surface area (Å²) in [5.74, 6) is -0.235. The van der Waals surface area contributed by atoms with Crippen LogP contribution in [0.3, 0.4) is 0 Å². The van der Waals surface area contributed by atoms with Gasteiger partial charge in [0.15, 0.2) is 0 Å². The highest BCUT2D eigenvalue weighted by Gasteiger charge is 2.11. The van der Waals surface area contributed by atoms with Crippen LogP contribution in [0.4, 0.5) is 10.1 Å². The number of hydrogen-bond acceptors (Lipinski definition) is 2. The van der Waals surface area contributed by atoms with Gasteiger partial charge in [-0.2, -0.15) is 5.10 Å². The minimum absolute atomic E-state index is 0.121. The van der Waals surface area contributed by atoms with Gasteiger partial charge >= 0.3 is 0 Å². The van der Waals surface area contributed by atoms with Crippen molar-refractivity contribution < 1.29 is 4.39 Å². The Morgan fingerprint density at radius 2 is 1.40 bits per heavy atom. The first-order valence-electron chi connectivity index (χ1n) is 7.77. The Kier molecular flexibility index (Phi) is 5.16. The Balaban J connectivity index is 1.94. The van der Waals surface area contributed by atoms with Crippen LogP contribution in [0.1, 0.15) is 11.1 Å². The molecule has 0 radical (unpaired) electrons. The molecule has 0 unspecified atom stereocenters. The van der Waals surface area contributed by atoms with Crippen molar-refractivity contribution in [2.24, 2.45) is 15.8 Å². The molecule has 0 spiro atoms. The number of hydrogen-bond donors (Lipinski definition) is 2. The Hall–Kier alpha value is -3.47. The molecule has 25 heavy (non-hydrogen) atoms. The van der Waals surface area contributed by atoms with Crippen LogP contribution in [0.25, 0.3) is 0 Å². The van der Waals surface area contributed by atoms with Crippen LogP contribution in [0, 0.1) is 5.82 Å². The van der Waals surface area contributed by atoms with Crippen molar-refractivity contribution in [1.82, 2.24) is 5.43 Å². The van der Waals surface area contributed by atoms with Gasteiger partial charge in [-0.15, -0.1) is 0 Å². The molecule has 0 aliphatic heterocycles. The number of nitrogens with two attached hydrogens (primary N) is 1. The van der Waals surface area contributed by atoms with E-state index < -0.39 is 0 Å². The van der Waals surface area contributed by atoms with Crippen LogP contribution in [0.2, 0.25) is 0 Å². The highest BCUT2D eigenvalue weighted by Crippen LogP contribution is 2.14. The van der Waals surface area contributed by atoms with E-state index in [1.54, 1.807) is 18.2 Å². The van der Waals surface area contributed by atoms with E-state index in [2.05, 4.69) is 15.5 Å². The lowest BCUT2D eigenvalue weighted by molar-refractivity contribution is 0.625. The number of nitrogens with one attached hydrogen (secondary N) is 1. The quantitative estimate of drug-likeness (QED) is 0.433. The maximum Gasteiger partial charge on any atom is 0.214 e. The third-order valence-electron chi connectivity index (χ3n) is 3.46.